The van der Waals surface area contributed by atoms with Crippen LogP contribution < -0.4 is 0 Å². The van der Waals surface area contributed by atoms with Gasteiger partial charge in [0.15, 0.2) is 0 Å². The molecular weight excluding hydrogens is 238 g/mol. The van der Waals surface area contributed by atoms with Crippen molar-refractivity contribution in [3.8, 4) is 0 Å². The summed E-state index contributed by atoms with van der Waals surface area (Å²) in [6.07, 6.45) is 7.30. The molecule has 0 atom stereocenters. The summed E-state index contributed by atoms with van der Waals surface area (Å²) in [4.78, 5) is 4.31. The van der Waals surface area contributed by atoms with Crippen LogP contribution in [-0.2, 0) is 6.42 Å². The van der Waals surface area contributed by atoms with Crippen LogP contribution in [0.5, 0.6) is 0 Å². The Kier molecular flexibility index (Phi) is 5.54. The van der Waals surface area contributed by atoms with E-state index in [1.54, 1.807) is 0 Å². The van der Waals surface area contributed by atoms with Gasteiger partial charge in [-0.2, -0.15) is 11.8 Å². The fourth-order valence-corrected chi connectivity index (χ4v) is 2.37. The zero-order valence-electron chi connectivity index (χ0n) is 10.3. The van der Waals surface area contributed by atoms with Crippen LogP contribution in [0.4, 0.5) is 0 Å². The van der Waals surface area contributed by atoms with Crippen molar-refractivity contribution in [1.29, 1.82) is 0 Å². The summed E-state index contributed by atoms with van der Waals surface area (Å²) < 4.78 is 0. The highest BCUT2D eigenvalue weighted by Gasteiger charge is 1.92. The lowest BCUT2D eigenvalue weighted by Gasteiger charge is -1.98. The van der Waals surface area contributed by atoms with E-state index < -0.39 is 0 Å². The lowest BCUT2D eigenvalue weighted by atomic mass is 10.2. The largest absolute Gasteiger partial charge is 0.261 e. The number of aryl methyl sites for hydroxylation is 1. The minimum absolute atomic E-state index is 1.05. The molecule has 0 aliphatic heterocycles. The number of hydrogen-bond acceptors (Lipinski definition) is 2. The van der Waals surface area contributed by atoms with Crippen molar-refractivity contribution < 1.29 is 0 Å². The summed E-state index contributed by atoms with van der Waals surface area (Å²) >= 11 is 1.94. The Morgan fingerprint density at radius 3 is 2.61 bits per heavy atom. The van der Waals surface area contributed by atoms with Gasteiger partial charge in [-0.1, -0.05) is 48.6 Å². The second kappa shape index (κ2) is 7.72. The molecule has 0 unspecified atom stereocenters. The first-order valence-electron chi connectivity index (χ1n) is 6.14. The number of benzene rings is 1. The van der Waals surface area contributed by atoms with Gasteiger partial charge in [0.1, 0.15) is 0 Å². The van der Waals surface area contributed by atoms with Crippen LogP contribution in [0.3, 0.4) is 0 Å². The highest BCUT2D eigenvalue weighted by atomic mass is 32.2. The van der Waals surface area contributed by atoms with Crippen LogP contribution in [0.1, 0.15) is 11.3 Å². The summed E-state index contributed by atoms with van der Waals surface area (Å²) in [7, 11) is 0. The molecule has 0 saturated heterocycles. The van der Waals surface area contributed by atoms with Crippen molar-refractivity contribution in [3.63, 3.8) is 0 Å². The van der Waals surface area contributed by atoms with Crippen molar-refractivity contribution in [2.24, 2.45) is 0 Å². The monoisotopic (exact) mass is 255 g/mol. The minimum Gasteiger partial charge on any atom is -0.261 e. The zero-order valence-corrected chi connectivity index (χ0v) is 11.1. The molecule has 0 bridgehead atoms. The van der Waals surface area contributed by atoms with Gasteiger partial charge in [-0.05, 0) is 29.9 Å². The Morgan fingerprint density at radius 2 is 1.83 bits per heavy atom. The van der Waals surface area contributed by atoms with Crippen molar-refractivity contribution >= 4 is 17.8 Å². The number of aromatic nitrogens is 1. The third-order valence-corrected chi connectivity index (χ3v) is 3.47. The molecule has 0 N–H and O–H groups in total. The third-order valence-electron chi connectivity index (χ3n) is 2.55. The molecule has 1 aromatic heterocycles. The van der Waals surface area contributed by atoms with E-state index in [0.29, 0.717) is 0 Å². The van der Waals surface area contributed by atoms with Gasteiger partial charge in [0.25, 0.3) is 0 Å². The van der Waals surface area contributed by atoms with Crippen molar-refractivity contribution in [2.75, 3.05) is 11.5 Å². The Labute approximate surface area is 113 Å². The number of rotatable bonds is 6. The molecule has 1 heterocycles. The van der Waals surface area contributed by atoms with Gasteiger partial charge < -0.3 is 0 Å². The molecule has 92 valence electrons. The molecule has 1 aromatic carbocycles. The first-order valence-corrected chi connectivity index (χ1v) is 7.30. The Bertz CT molecular complexity index is 465. The first kappa shape index (κ1) is 12.9. The van der Waals surface area contributed by atoms with E-state index in [1.807, 2.05) is 36.2 Å². The standard InChI is InChI=1S/C16H17NS/c1-2-7-15(8-3-1)9-6-13-18-14-11-16-10-4-5-12-17-16/h1-10,12H,11,13-14H2/b9-6+. The van der Waals surface area contributed by atoms with Gasteiger partial charge in [-0.15, -0.1) is 0 Å². The van der Waals surface area contributed by atoms with E-state index in [1.165, 1.54) is 11.3 Å². The average Bonchev–Trinajstić information content (AvgIpc) is 2.45. The smallest absolute Gasteiger partial charge is 0.0411 e. The molecule has 0 fully saturated rings. The summed E-state index contributed by atoms with van der Waals surface area (Å²) in [6, 6.07) is 16.5. The molecule has 2 heteroatoms. The molecule has 18 heavy (non-hydrogen) atoms. The Morgan fingerprint density at radius 1 is 1.00 bits per heavy atom. The second-order valence-corrected chi connectivity index (χ2v) is 5.11. The van der Waals surface area contributed by atoms with Crippen LogP contribution in [0.15, 0.2) is 60.8 Å². The van der Waals surface area contributed by atoms with Gasteiger partial charge in [-0.25, -0.2) is 0 Å². The van der Waals surface area contributed by atoms with E-state index in [9.17, 15) is 0 Å². The molecule has 0 amide bonds. The van der Waals surface area contributed by atoms with Gasteiger partial charge in [0.05, 0.1) is 0 Å². The van der Waals surface area contributed by atoms with Crippen molar-refractivity contribution in [2.45, 2.75) is 6.42 Å². The normalized spacial score (nSPS) is 10.9. The predicted octanol–water partition coefficient (Wildman–Crippen LogP) is 4.07. The van der Waals surface area contributed by atoms with Crippen LogP contribution in [0.25, 0.3) is 6.08 Å². The highest BCUT2D eigenvalue weighted by molar-refractivity contribution is 7.99. The van der Waals surface area contributed by atoms with E-state index in [0.717, 1.165) is 17.9 Å². The van der Waals surface area contributed by atoms with Crippen LogP contribution in [0, 0.1) is 0 Å². The summed E-state index contributed by atoms with van der Waals surface area (Å²) in [5, 5.41) is 0. The molecule has 0 saturated carbocycles. The molecule has 2 rings (SSSR count). The predicted molar refractivity (Wildman–Crippen MR) is 80.7 cm³/mol. The maximum Gasteiger partial charge on any atom is 0.0411 e. The maximum atomic E-state index is 4.31. The second-order valence-electron chi connectivity index (χ2n) is 3.96. The number of pyridine rings is 1. The van der Waals surface area contributed by atoms with Gasteiger partial charge in [-0.3, -0.25) is 4.98 Å². The molecule has 0 aliphatic rings. The highest BCUT2D eigenvalue weighted by Crippen LogP contribution is 2.07. The topological polar surface area (TPSA) is 12.9 Å². The van der Waals surface area contributed by atoms with Crippen LogP contribution in [0.2, 0.25) is 0 Å². The third kappa shape index (κ3) is 4.76. The molecular formula is C16H17NS. The van der Waals surface area contributed by atoms with E-state index >= 15 is 0 Å². The quantitative estimate of drug-likeness (QED) is 0.722. The first-order chi connectivity index (χ1) is 8.95. The number of thioether (sulfide) groups is 1. The Hall–Kier alpha value is -1.54. The molecule has 0 spiro atoms. The molecule has 1 nitrogen and oxygen atoms in total. The van der Waals surface area contributed by atoms with Crippen LogP contribution >= 0.6 is 11.8 Å². The summed E-state index contributed by atoms with van der Waals surface area (Å²) in [5.74, 6) is 2.18. The number of hydrogen-bond donors (Lipinski definition) is 0. The minimum atomic E-state index is 1.05. The SMILES string of the molecule is C(=C\c1ccccc1)/CSCCc1ccccn1. The fraction of sp³-hybridized carbons (Fsp3) is 0.188. The average molecular weight is 255 g/mol. The van der Waals surface area contributed by atoms with E-state index in [4.69, 9.17) is 0 Å². The summed E-state index contributed by atoms with van der Waals surface area (Å²) in [6.45, 7) is 0. The summed E-state index contributed by atoms with van der Waals surface area (Å²) in [5.41, 5.74) is 2.44. The lowest BCUT2D eigenvalue weighted by molar-refractivity contribution is 1.05. The fourth-order valence-electron chi connectivity index (χ4n) is 1.62. The van der Waals surface area contributed by atoms with E-state index in [-0.39, 0.29) is 0 Å². The van der Waals surface area contributed by atoms with E-state index in [2.05, 4.69) is 47.5 Å². The van der Waals surface area contributed by atoms with Gasteiger partial charge in [0.2, 0.25) is 0 Å². The van der Waals surface area contributed by atoms with Crippen LogP contribution in [-0.4, -0.2) is 16.5 Å². The molecule has 0 radical (unpaired) electrons. The number of nitrogens with zero attached hydrogens (tertiary/aromatic N) is 1. The Balaban J connectivity index is 1.63. The zero-order chi connectivity index (χ0) is 12.5. The maximum absolute atomic E-state index is 4.31. The molecule has 2 aromatic rings. The van der Waals surface area contributed by atoms with Crippen molar-refractivity contribution in [3.05, 3.63) is 72.1 Å². The van der Waals surface area contributed by atoms with Gasteiger partial charge >= 0.3 is 0 Å². The lowest BCUT2D eigenvalue weighted by Crippen LogP contribution is -1.91. The van der Waals surface area contributed by atoms with Crippen molar-refractivity contribution in [1.82, 2.24) is 4.98 Å². The molecule has 0 aliphatic carbocycles. The van der Waals surface area contributed by atoms with Gasteiger partial charge in [0, 0.05) is 17.6 Å².